The van der Waals surface area contributed by atoms with Crippen molar-refractivity contribution in [3.05, 3.63) is 126 Å². The van der Waals surface area contributed by atoms with E-state index in [4.69, 9.17) is 74.3 Å². The summed E-state index contributed by atoms with van der Waals surface area (Å²) in [7, 11) is 0. The van der Waals surface area contributed by atoms with Gasteiger partial charge in [0.05, 0.1) is 39.1 Å². The minimum Gasteiger partial charge on any atom is -0.870 e. The van der Waals surface area contributed by atoms with Crippen molar-refractivity contribution in [3.63, 3.8) is 0 Å². The van der Waals surface area contributed by atoms with Crippen LogP contribution in [-0.4, -0.2) is 40.6 Å². The van der Waals surface area contributed by atoms with Crippen molar-refractivity contribution in [2.75, 3.05) is 16.6 Å². The van der Waals surface area contributed by atoms with Crippen LogP contribution in [-0.2, 0) is 25.4 Å². The minimum absolute atomic E-state index is 0. The number of carboxylic acid groups (broad SMARTS) is 1. The number of halogens is 6. The van der Waals surface area contributed by atoms with Gasteiger partial charge >= 0.3 is 41.5 Å². The van der Waals surface area contributed by atoms with E-state index in [1.54, 1.807) is 65.5 Å². The van der Waals surface area contributed by atoms with Gasteiger partial charge in [-0.05, 0) is 92.6 Å². The monoisotopic (exact) mass is 832 g/mol. The van der Waals surface area contributed by atoms with Crippen molar-refractivity contribution in [2.24, 2.45) is 10.2 Å². The number of hydrazone groups is 2. The molecule has 0 fully saturated rings. The van der Waals surface area contributed by atoms with Crippen molar-refractivity contribution >= 4 is 104 Å². The number of nitrogens with zero attached hydrogens (tertiary/aromatic N) is 4. The van der Waals surface area contributed by atoms with E-state index in [2.05, 4.69) is 10.2 Å². The molecule has 2 unspecified atom stereocenters. The molecule has 268 valence electrons. The number of aliphatic carboxylic acids is 1. The first-order valence-electron chi connectivity index (χ1n) is 15.2. The molecule has 0 amide bonds. The number of hydrogen-bond acceptors (Lipinski definition) is 8. The van der Waals surface area contributed by atoms with Crippen molar-refractivity contribution in [1.82, 2.24) is 0 Å². The molecular weight excluding hydrogens is 804 g/mol. The third-order valence-corrected chi connectivity index (χ3v) is 9.95. The van der Waals surface area contributed by atoms with Gasteiger partial charge in [0, 0.05) is 32.9 Å². The van der Waals surface area contributed by atoms with Gasteiger partial charge in [0.25, 0.3) is 0 Å². The molecule has 0 radical (unpaired) electrons. The number of hydrogen-bond donors (Lipinski definition) is 1. The van der Waals surface area contributed by atoms with E-state index in [9.17, 15) is 14.7 Å². The Bertz CT molecular complexity index is 2000. The predicted molar refractivity (Wildman–Crippen MR) is 206 cm³/mol. The second-order valence-corrected chi connectivity index (χ2v) is 14.4. The third-order valence-electron chi connectivity index (χ3n) is 8.37. The molecule has 0 aromatic heterocycles. The Morgan fingerprint density at radius 2 is 1.04 bits per heavy atom. The topological polar surface area (TPSA) is 125 Å². The summed E-state index contributed by atoms with van der Waals surface area (Å²) in [5.41, 5.74) is 2.19. The fourth-order valence-electron chi connectivity index (χ4n) is 5.79. The van der Waals surface area contributed by atoms with E-state index >= 15 is 0 Å². The first-order chi connectivity index (χ1) is 23.7. The summed E-state index contributed by atoms with van der Waals surface area (Å²) in [4.78, 5) is 23.7. The Hall–Kier alpha value is -2.54. The molecule has 2 aliphatic heterocycles. The SMILES string of the molecule is CC1(c2ccc(Cl)cc2)CC(C(=O)O)=NN1c1ccc(Cl)cc1Cl.CCOC(=O)C1=NN(c2ccc(Cl)cc2Cl)C(C)(c2ccc(Cl)cc2)C1.[Na+].[OH-]. The van der Waals surface area contributed by atoms with E-state index in [-0.39, 0.29) is 53.8 Å². The van der Waals surface area contributed by atoms with Gasteiger partial charge in [-0.2, -0.15) is 10.2 Å². The van der Waals surface area contributed by atoms with Crippen molar-refractivity contribution in [2.45, 2.75) is 44.7 Å². The van der Waals surface area contributed by atoms with Gasteiger partial charge in [-0.1, -0.05) is 93.9 Å². The number of rotatable bonds is 7. The van der Waals surface area contributed by atoms with Crippen LogP contribution in [0.5, 0.6) is 0 Å². The summed E-state index contributed by atoms with van der Waals surface area (Å²) >= 11 is 36.7. The van der Waals surface area contributed by atoms with Gasteiger partial charge in [-0.25, -0.2) is 9.59 Å². The van der Waals surface area contributed by atoms with E-state index in [1.165, 1.54) is 0 Å². The second kappa shape index (κ2) is 18.2. The maximum absolute atomic E-state index is 12.3. The largest absolute Gasteiger partial charge is 1.00 e. The molecule has 0 aliphatic carbocycles. The molecule has 52 heavy (non-hydrogen) atoms. The molecule has 4 aromatic carbocycles. The van der Waals surface area contributed by atoms with Crippen molar-refractivity contribution in [3.8, 4) is 0 Å². The zero-order chi connectivity index (χ0) is 36.4. The number of anilines is 2. The summed E-state index contributed by atoms with van der Waals surface area (Å²) in [5, 5.41) is 24.7. The van der Waals surface area contributed by atoms with Crippen LogP contribution in [0.1, 0.15) is 44.7 Å². The van der Waals surface area contributed by atoms with Crippen LogP contribution in [0.2, 0.25) is 30.1 Å². The molecule has 0 spiro atoms. The smallest absolute Gasteiger partial charge is 0.870 e. The van der Waals surface area contributed by atoms with Crippen molar-refractivity contribution < 1.29 is 54.5 Å². The van der Waals surface area contributed by atoms with Gasteiger partial charge in [0.2, 0.25) is 0 Å². The molecule has 16 heteroatoms. The average molecular weight is 835 g/mol. The molecule has 2 N–H and O–H groups in total. The van der Waals surface area contributed by atoms with Crippen LogP contribution in [0.3, 0.4) is 0 Å². The minimum atomic E-state index is -1.05. The summed E-state index contributed by atoms with van der Waals surface area (Å²) in [6.45, 7) is 5.97. The number of carbonyl (C=O) groups excluding carboxylic acids is 1. The second-order valence-electron chi connectivity index (χ2n) is 11.8. The number of ether oxygens (including phenoxy) is 1. The van der Waals surface area contributed by atoms with Crippen LogP contribution in [0, 0.1) is 0 Å². The Balaban J connectivity index is 0.000000271. The number of benzene rings is 4. The maximum atomic E-state index is 12.3. The van der Waals surface area contributed by atoms with E-state index in [0.717, 1.165) is 11.1 Å². The summed E-state index contributed by atoms with van der Waals surface area (Å²) in [5.74, 6) is -1.48. The summed E-state index contributed by atoms with van der Waals surface area (Å²) < 4.78 is 5.14. The normalized spacial score (nSPS) is 19.0. The Kier molecular flexibility index (Phi) is 15.3. The molecule has 2 heterocycles. The van der Waals surface area contributed by atoms with Gasteiger partial charge in [-0.15, -0.1) is 0 Å². The van der Waals surface area contributed by atoms with E-state index in [1.807, 2.05) is 50.2 Å². The molecule has 9 nitrogen and oxygen atoms in total. The zero-order valence-electron chi connectivity index (χ0n) is 28.4. The molecular formula is C36H31Cl6N4NaO5. The van der Waals surface area contributed by atoms with Gasteiger partial charge in [0.1, 0.15) is 11.4 Å². The molecule has 4 aromatic rings. The van der Waals surface area contributed by atoms with Gasteiger partial charge in [0.15, 0.2) is 0 Å². The standard InChI is InChI=1S/C19H17Cl3N2O2.C17H13Cl3N2O2.Na.H2O/c1-3-26-18(25)16-11-19(2,12-4-6-13(20)7-5-12)24(23-16)17-9-8-14(21)10-15(17)22;1-17(10-2-4-11(18)5-3-10)9-14(16(23)24)21-22(17)15-7-6-12(19)8-13(15)20;;/h4-10H,3,11H2,1-2H3;2-8H,9H2,1H3,(H,23,24);;1H2/q;;+1;/p-1. The zero-order valence-corrected chi connectivity index (χ0v) is 34.9. The van der Waals surface area contributed by atoms with Crippen LogP contribution in [0.15, 0.2) is 95.1 Å². The average Bonchev–Trinajstić information content (AvgIpc) is 3.61. The molecule has 2 aliphatic rings. The fourth-order valence-corrected chi connectivity index (χ4v) is 7.02. The fraction of sp³-hybridized carbons (Fsp3) is 0.222. The third kappa shape index (κ3) is 9.39. The van der Waals surface area contributed by atoms with Crippen molar-refractivity contribution in [1.29, 1.82) is 0 Å². The number of carboxylic acids is 1. The van der Waals surface area contributed by atoms with Crippen LogP contribution in [0.4, 0.5) is 11.4 Å². The number of esters is 1. The van der Waals surface area contributed by atoms with E-state index < -0.39 is 23.0 Å². The maximum Gasteiger partial charge on any atom is 1.00 e. The number of carbonyl (C=O) groups is 2. The molecule has 0 saturated carbocycles. The van der Waals surface area contributed by atoms with E-state index in [0.29, 0.717) is 53.6 Å². The predicted octanol–water partition coefficient (Wildman–Crippen LogP) is 7.73. The summed E-state index contributed by atoms with van der Waals surface area (Å²) in [6, 6.07) is 24.9. The molecule has 0 saturated heterocycles. The van der Waals surface area contributed by atoms with Crippen LogP contribution in [0.25, 0.3) is 0 Å². The van der Waals surface area contributed by atoms with Crippen LogP contribution < -0.4 is 39.6 Å². The van der Waals surface area contributed by atoms with Crippen LogP contribution >= 0.6 is 69.6 Å². The quantitative estimate of drug-likeness (QED) is 0.149. The first-order valence-corrected chi connectivity index (χ1v) is 17.5. The Morgan fingerprint density at radius 1 is 0.673 bits per heavy atom. The Labute approximate surface area is 353 Å². The molecule has 6 rings (SSSR count). The molecule has 0 bridgehead atoms. The molecule has 2 atom stereocenters. The first kappa shape index (κ1) is 43.9. The Morgan fingerprint density at radius 3 is 1.40 bits per heavy atom. The van der Waals surface area contributed by atoms with Gasteiger partial charge < -0.3 is 15.3 Å². The van der Waals surface area contributed by atoms with Gasteiger partial charge in [-0.3, -0.25) is 10.0 Å². The summed E-state index contributed by atoms with van der Waals surface area (Å²) in [6.07, 6.45) is 0.620.